The zero-order valence-electron chi connectivity index (χ0n) is 19.2. The van der Waals surface area contributed by atoms with E-state index < -0.39 is 5.82 Å². The first-order valence-corrected chi connectivity index (χ1v) is 11.7. The van der Waals surface area contributed by atoms with Crippen LogP contribution in [0.3, 0.4) is 0 Å². The van der Waals surface area contributed by atoms with Crippen molar-refractivity contribution in [2.24, 2.45) is 0 Å². The van der Waals surface area contributed by atoms with Crippen molar-refractivity contribution in [2.75, 3.05) is 18.4 Å². The van der Waals surface area contributed by atoms with Gasteiger partial charge in [-0.25, -0.2) is 9.18 Å². The molecule has 0 spiro atoms. The fourth-order valence-electron chi connectivity index (χ4n) is 5.36. The van der Waals surface area contributed by atoms with Crippen LogP contribution in [0.5, 0.6) is 0 Å². The SMILES string of the molecule is Cc1ccc(-c2cccc(CN3C4CCC3CN(C(=O)Nc3ccccc3F)C4)c2)c(C)c1. The summed E-state index contributed by atoms with van der Waals surface area (Å²) in [5, 5.41) is 2.74. The molecule has 0 radical (unpaired) electrons. The Hall–Kier alpha value is -3.18. The van der Waals surface area contributed by atoms with Crippen LogP contribution in [0.4, 0.5) is 14.9 Å². The first kappa shape index (κ1) is 21.7. The predicted molar refractivity (Wildman–Crippen MR) is 131 cm³/mol. The Kier molecular flexibility index (Phi) is 5.90. The van der Waals surface area contributed by atoms with Gasteiger partial charge >= 0.3 is 6.03 Å². The molecule has 1 N–H and O–H groups in total. The van der Waals surface area contributed by atoms with Gasteiger partial charge in [0.15, 0.2) is 0 Å². The molecule has 3 aromatic rings. The summed E-state index contributed by atoms with van der Waals surface area (Å²) in [5.74, 6) is -0.406. The monoisotopic (exact) mass is 443 g/mol. The van der Waals surface area contributed by atoms with Crippen LogP contribution in [0, 0.1) is 19.7 Å². The zero-order valence-corrected chi connectivity index (χ0v) is 19.2. The summed E-state index contributed by atoms with van der Waals surface area (Å²) in [6.45, 7) is 6.53. The molecule has 4 nitrogen and oxygen atoms in total. The van der Waals surface area contributed by atoms with Crippen LogP contribution in [-0.2, 0) is 6.54 Å². The summed E-state index contributed by atoms with van der Waals surface area (Å²) in [7, 11) is 0. The Morgan fingerprint density at radius 2 is 1.73 bits per heavy atom. The van der Waals surface area contributed by atoms with Gasteiger partial charge in [0.25, 0.3) is 0 Å². The molecule has 0 aliphatic carbocycles. The third-order valence-electron chi connectivity index (χ3n) is 7.02. The lowest BCUT2D eigenvalue weighted by molar-refractivity contribution is 0.0812. The molecule has 170 valence electrons. The van der Waals surface area contributed by atoms with Gasteiger partial charge in [0, 0.05) is 31.7 Å². The summed E-state index contributed by atoms with van der Waals surface area (Å²) >= 11 is 0. The summed E-state index contributed by atoms with van der Waals surface area (Å²) in [5.41, 5.74) is 6.64. The van der Waals surface area contributed by atoms with Crippen molar-refractivity contribution in [1.29, 1.82) is 0 Å². The Morgan fingerprint density at radius 3 is 2.45 bits per heavy atom. The number of carbonyl (C=O) groups is 1. The highest BCUT2D eigenvalue weighted by Gasteiger charge is 2.41. The van der Waals surface area contributed by atoms with Crippen LogP contribution >= 0.6 is 0 Å². The van der Waals surface area contributed by atoms with Crippen molar-refractivity contribution in [3.63, 3.8) is 0 Å². The van der Waals surface area contributed by atoms with Gasteiger partial charge in [-0.1, -0.05) is 54.1 Å². The third-order valence-corrected chi connectivity index (χ3v) is 7.02. The van der Waals surface area contributed by atoms with Crippen LogP contribution in [0.1, 0.15) is 29.5 Å². The van der Waals surface area contributed by atoms with Gasteiger partial charge < -0.3 is 10.2 Å². The van der Waals surface area contributed by atoms with Gasteiger partial charge in [-0.05, 0) is 67.1 Å². The normalized spacial score (nSPS) is 20.2. The molecule has 2 unspecified atom stereocenters. The average Bonchev–Trinajstić information content (AvgIpc) is 3.02. The largest absolute Gasteiger partial charge is 0.322 e. The Balaban J connectivity index is 1.27. The quantitative estimate of drug-likeness (QED) is 0.538. The molecule has 2 aliphatic heterocycles. The number of piperazine rings is 1. The average molecular weight is 444 g/mol. The number of nitrogens with zero attached hydrogens (tertiary/aromatic N) is 2. The second-order valence-electron chi connectivity index (χ2n) is 9.39. The van der Waals surface area contributed by atoms with E-state index in [0.717, 1.165) is 19.4 Å². The lowest BCUT2D eigenvalue weighted by Gasteiger charge is -2.41. The topological polar surface area (TPSA) is 35.6 Å². The second-order valence-corrected chi connectivity index (χ2v) is 9.39. The van der Waals surface area contributed by atoms with E-state index in [1.807, 2.05) is 4.90 Å². The van der Waals surface area contributed by atoms with E-state index >= 15 is 0 Å². The molecule has 2 heterocycles. The van der Waals surface area contributed by atoms with Gasteiger partial charge in [-0.2, -0.15) is 0 Å². The van der Waals surface area contributed by atoms with Crippen LogP contribution in [0.15, 0.2) is 66.7 Å². The van der Waals surface area contributed by atoms with E-state index in [1.54, 1.807) is 18.2 Å². The number of amides is 2. The summed E-state index contributed by atoms with van der Waals surface area (Å²) < 4.78 is 13.9. The smallest absolute Gasteiger partial charge is 0.321 e. The fourth-order valence-corrected chi connectivity index (χ4v) is 5.36. The maximum Gasteiger partial charge on any atom is 0.322 e. The number of fused-ring (bicyclic) bond motifs is 2. The first-order chi connectivity index (χ1) is 16.0. The van der Waals surface area contributed by atoms with Crippen LogP contribution in [0.2, 0.25) is 0 Å². The van der Waals surface area contributed by atoms with Gasteiger partial charge in [-0.3, -0.25) is 4.90 Å². The van der Waals surface area contributed by atoms with E-state index in [0.29, 0.717) is 25.2 Å². The lowest BCUT2D eigenvalue weighted by atomic mass is 9.97. The molecule has 0 saturated carbocycles. The standard InChI is InChI=1S/C28H30FN3O/c1-19-10-13-25(20(2)14-19)22-7-5-6-21(15-22)16-32-23-11-12-24(32)18-31(17-23)28(33)30-27-9-4-3-8-26(27)29/h3-10,13-15,23-24H,11-12,16-18H2,1-2H3,(H,30,33). The lowest BCUT2D eigenvalue weighted by Crippen LogP contribution is -2.55. The number of hydrogen-bond donors (Lipinski definition) is 1. The molecular weight excluding hydrogens is 413 g/mol. The van der Waals surface area contributed by atoms with Gasteiger partial charge in [-0.15, -0.1) is 0 Å². The minimum Gasteiger partial charge on any atom is -0.321 e. The summed E-state index contributed by atoms with van der Waals surface area (Å²) in [6.07, 6.45) is 2.18. The molecule has 2 bridgehead atoms. The van der Waals surface area contributed by atoms with Gasteiger partial charge in [0.2, 0.25) is 0 Å². The Labute approximate surface area is 195 Å². The minimum absolute atomic E-state index is 0.214. The van der Waals surface area contributed by atoms with Crippen molar-refractivity contribution in [2.45, 2.75) is 45.3 Å². The number of urea groups is 1. The molecule has 33 heavy (non-hydrogen) atoms. The van der Waals surface area contributed by atoms with E-state index in [2.05, 4.69) is 66.5 Å². The number of para-hydroxylation sites is 1. The second kappa shape index (κ2) is 8.99. The van der Waals surface area contributed by atoms with Crippen molar-refractivity contribution >= 4 is 11.7 Å². The molecule has 2 amide bonds. The highest BCUT2D eigenvalue weighted by atomic mass is 19.1. The molecule has 2 fully saturated rings. The minimum atomic E-state index is -0.406. The van der Waals surface area contributed by atoms with Crippen LogP contribution in [-0.4, -0.2) is 41.0 Å². The number of halogens is 1. The number of rotatable bonds is 4. The molecule has 2 atom stereocenters. The van der Waals surface area contributed by atoms with Gasteiger partial charge in [0.1, 0.15) is 5.82 Å². The molecule has 5 heteroatoms. The number of benzene rings is 3. The highest BCUT2D eigenvalue weighted by molar-refractivity contribution is 5.89. The fraction of sp³-hybridized carbons (Fsp3) is 0.321. The molecule has 3 aromatic carbocycles. The number of aryl methyl sites for hydroxylation is 2. The van der Waals surface area contributed by atoms with E-state index in [9.17, 15) is 9.18 Å². The van der Waals surface area contributed by atoms with Crippen LogP contribution < -0.4 is 5.32 Å². The maximum absolute atomic E-state index is 13.9. The maximum atomic E-state index is 13.9. The number of carbonyl (C=O) groups excluding carboxylic acids is 1. The molecular formula is C28H30FN3O. The number of anilines is 1. The van der Waals surface area contributed by atoms with E-state index in [1.165, 1.54) is 33.9 Å². The highest BCUT2D eigenvalue weighted by Crippen LogP contribution is 2.33. The summed E-state index contributed by atoms with van der Waals surface area (Å²) in [6, 6.07) is 22.2. The summed E-state index contributed by atoms with van der Waals surface area (Å²) in [4.78, 5) is 17.2. The van der Waals surface area contributed by atoms with Crippen molar-refractivity contribution in [1.82, 2.24) is 9.80 Å². The predicted octanol–water partition coefficient (Wildman–Crippen LogP) is 5.99. The molecule has 5 rings (SSSR count). The molecule has 2 saturated heterocycles. The van der Waals surface area contributed by atoms with E-state index in [-0.39, 0.29) is 11.7 Å². The third kappa shape index (κ3) is 4.51. The molecule has 2 aliphatic rings. The van der Waals surface area contributed by atoms with Crippen molar-refractivity contribution < 1.29 is 9.18 Å². The zero-order chi connectivity index (χ0) is 22.9. The Morgan fingerprint density at radius 1 is 0.970 bits per heavy atom. The number of hydrogen-bond acceptors (Lipinski definition) is 2. The van der Waals surface area contributed by atoms with E-state index in [4.69, 9.17) is 0 Å². The van der Waals surface area contributed by atoms with Crippen molar-refractivity contribution in [3.8, 4) is 11.1 Å². The molecule has 0 aromatic heterocycles. The van der Waals surface area contributed by atoms with Crippen molar-refractivity contribution in [3.05, 3.63) is 89.2 Å². The number of likely N-dealkylation sites (tertiary alicyclic amines) is 1. The van der Waals surface area contributed by atoms with Crippen LogP contribution in [0.25, 0.3) is 11.1 Å². The van der Waals surface area contributed by atoms with Gasteiger partial charge in [0.05, 0.1) is 5.69 Å². The number of nitrogens with one attached hydrogen (secondary N) is 1. The first-order valence-electron chi connectivity index (χ1n) is 11.7. The Bertz CT molecular complexity index is 1160.